The molecule has 2 aromatic carbocycles. The van der Waals surface area contributed by atoms with Crippen LogP contribution in [0.5, 0.6) is 0 Å². The van der Waals surface area contributed by atoms with E-state index >= 15 is 0 Å². The molecule has 1 aliphatic heterocycles. The molecule has 1 aliphatic carbocycles. The van der Waals surface area contributed by atoms with E-state index in [1.54, 1.807) is 6.07 Å². The molecule has 2 unspecified atom stereocenters. The van der Waals surface area contributed by atoms with Crippen molar-refractivity contribution in [2.75, 3.05) is 5.32 Å². The SMILES string of the molecule is CC(C)C1(c2ccc(Cl)cc2)CC12C(=O)Nc1ccc(F)cc12. The summed E-state index contributed by atoms with van der Waals surface area (Å²) in [4.78, 5) is 12.8. The van der Waals surface area contributed by atoms with Crippen molar-refractivity contribution in [2.45, 2.75) is 31.1 Å². The number of benzene rings is 2. The Labute approximate surface area is 139 Å². The van der Waals surface area contributed by atoms with E-state index in [-0.39, 0.29) is 23.1 Å². The summed E-state index contributed by atoms with van der Waals surface area (Å²) in [6.45, 7) is 4.24. The zero-order chi connectivity index (χ0) is 16.4. The van der Waals surface area contributed by atoms with Crippen LogP contribution in [0.15, 0.2) is 42.5 Å². The number of hydrogen-bond donors (Lipinski definition) is 1. The predicted molar refractivity (Wildman–Crippen MR) is 89.3 cm³/mol. The number of amides is 1. The molecule has 0 saturated heterocycles. The van der Waals surface area contributed by atoms with Crippen LogP contribution in [-0.2, 0) is 15.6 Å². The third-order valence-corrected chi connectivity index (χ3v) is 5.85. The third-order valence-electron chi connectivity index (χ3n) is 5.60. The van der Waals surface area contributed by atoms with Crippen molar-refractivity contribution in [2.24, 2.45) is 5.92 Å². The average Bonchev–Trinajstić information content (AvgIpc) is 3.15. The summed E-state index contributed by atoms with van der Waals surface area (Å²) < 4.78 is 13.8. The van der Waals surface area contributed by atoms with E-state index in [4.69, 9.17) is 11.6 Å². The first-order valence-electron chi connectivity index (χ1n) is 7.79. The molecule has 1 amide bonds. The fraction of sp³-hybridized carbons (Fsp3) is 0.316. The summed E-state index contributed by atoms with van der Waals surface area (Å²) in [5.41, 5.74) is 1.61. The molecule has 1 heterocycles. The monoisotopic (exact) mass is 329 g/mol. The van der Waals surface area contributed by atoms with Gasteiger partial charge in [0.1, 0.15) is 5.82 Å². The largest absolute Gasteiger partial charge is 0.325 e. The fourth-order valence-electron chi connectivity index (χ4n) is 4.45. The van der Waals surface area contributed by atoms with Gasteiger partial charge in [0.25, 0.3) is 0 Å². The van der Waals surface area contributed by atoms with Gasteiger partial charge in [-0.15, -0.1) is 0 Å². The minimum absolute atomic E-state index is 0.0262. The molecule has 1 saturated carbocycles. The zero-order valence-electron chi connectivity index (χ0n) is 13.0. The van der Waals surface area contributed by atoms with Crippen molar-refractivity contribution < 1.29 is 9.18 Å². The highest BCUT2D eigenvalue weighted by atomic mass is 35.5. The second-order valence-electron chi connectivity index (χ2n) is 6.86. The Bertz CT molecular complexity index is 817. The first-order chi connectivity index (χ1) is 10.9. The number of anilines is 1. The number of nitrogens with one attached hydrogen (secondary N) is 1. The van der Waals surface area contributed by atoms with Crippen LogP contribution in [-0.4, -0.2) is 5.91 Å². The molecule has 2 nitrogen and oxygen atoms in total. The van der Waals surface area contributed by atoms with Crippen LogP contribution in [0.3, 0.4) is 0 Å². The Morgan fingerprint density at radius 2 is 1.87 bits per heavy atom. The van der Waals surface area contributed by atoms with Gasteiger partial charge in [-0.05, 0) is 53.8 Å². The van der Waals surface area contributed by atoms with Gasteiger partial charge in [0.2, 0.25) is 5.91 Å². The normalized spacial score (nSPS) is 28.1. The molecule has 2 aromatic rings. The molecule has 2 atom stereocenters. The Kier molecular flexibility index (Phi) is 2.92. The Balaban J connectivity index is 1.92. The summed E-state index contributed by atoms with van der Waals surface area (Å²) in [6, 6.07) is 12.2. The standard InChI is InChI=1S/C19H17ClFNO/c1-11(2)18(12-3-5-13(20)6-4-12)10-19(18)15-9-14(21)7-8-16(15)22-17(19)23/h3-9,11H,10H2,1-2H3,(H,22,23). The molecule has 23 heavy (non-hydrogen) atoms. The van der Waals surface area contributed by atoms with Crippen molar-refractivity contribution in [1.82, 2.24) is 0 Å². The van der Waals surface area contributed by atoms with Gasteiger partial charge in [0.15, 0.2) is 0 Å². The topological polar surface area (TPSA) is 29.1 Å². The summed E-state index contributed by atoms with van der Waals surface area (Å²) >= 11 is 6.01. The highest BCUT2D eigenvalue weighted by molar-refractivity contribution is 6.30. The van der Waals surface area contributed by atoms with Crippen LogP contribution >= 0.6 is 11.6 Å². The molecule has 2 aliphatic rings. The molecule has 0 radical (unpaired) electrons. The second kappa shape index (κ2) is 4.57. The number of fused-ring (bicyclic) bond motifs is 2. The number of rotatable bonds is 2. The van der Waals surface area contributed by atoms with Gasteiger partial charge in [-0.1, -0.05) is 37.6 Å². The number of carbonyl (C=O) groups is 1. The van der Waals surface area contributed by atoms with E-state index in [0.29, 0.717) is 11.4 Å². The van der Waals surface area contributed by atoms with Crippen LogP contribution in [0.25, 0.3) is 0 Å². The average molecular weight is 330 g/mol. The van der Waals surface area contributed by atoms with Crippen molar-refractivity contribution in [3.63, 3.8) is 0 Å². The number of halogens is 2. The van der Waals surface area contributed by atoms with Crippen molar-refractivity contribution >= 4 is 23.2 Å². The highest BCUT2D eigenvalue weighted by Crippen LogP contribution is 2.72. The molecule has 0 bridgehead atoms. The van der Waals surface area contributed by atoms with Gasteiger partial charge in [-0.2, -0.15) is 0 Å². The summed E-state index contributed by atoms with van der Waals surface area (Å²) in [5.74, 6) is -0.0920. The van der Waals surface area contributed by atoms with Crippen LogP contribution < -0.4 is 5.32 Å². The Morgan fingerprint density at radius 1 is 1.17 bits per heavy atom. The van der Waals surface area contributed by atoms with E-state index < -0.39 is 5.41 Å². The minimum atomic E-state index is -0.674. The maximum Gasteiger partial charge on any atom is 0.236 e. The minimum Gasteiger partial charge on any atom is -0.325 e. The maximum absolute atomic E-state index is 13.8. The van der Waals surface area contributed by atoms with Crippen molar-refractivity contribution in [3.8, 4) is 0 Å². The van der Waals surface area contributed by atoms with Crippen LogP contribution in [0.1, 0.15) is 31.4 Å². The van der Waals surface area contributed by atoms with Gasteiger partial charge < -0.3 is 5.32 Å². The Morgan fingerprint density at radius 3 is 2.52 bits per heavy atom. The van der Waals surface area contributed by atoms with Gasteiger partial charge in [0, 0.05) is 16.1 Å². The maximum atomic E-state index is 13.8. The Hall–Kier alpha value is -1.87. The van der Waals surface area contributed by atoms with Crippen LogP contribution in [0.4, 0.5) is 10.1 Å². The van der Waals surface area contributed by atoms with Gasteiger partial charge in [0.05, 0.1) is 5.41 Å². The van der Waals surface area contributed by atoms with Gasteiger partial charge in [-0.25, -0.2) is 4.39 Å². The second-order valence-corrected chi connectivity index (χ2v) is 7.30. The van der Waals surface area contributed by atoms with E-state index in [9.17, 15) is 9.18 Å². The molecule has 1 spiro atoms. The summed E-state index contributed by atoms with van der Waals surface area (Å²) in [5, 5.41) is 3.61. The van der Waals surface area contributed by atoms with E-state index in [1.807, 2.05) is 24.3 Å². The zero-order valence-corrected chi connectivity index (χ0v) is 13.7. The lowest BCUT2D eigenvalue weighted by Gasteiger charge is -2.26. The number of carbonyl (C=O) groups excluding carboxylic acids is 1. The van der Waals surface area contributed by atoms with E-state index in [2.05, 4.69) is 19.2 Å². The summed E-state index contributed by atoms with van der Waals surface area (Å²) in [7, 11) is 0. The van der Waals surface area contributed by atoms with Crippen LogP contribution in [0.2, 0.25) is 5.02 Å². The molecule has 0 aromatic heterocycles. The lowest BCUT2D eigenvalue weighted by molar-refractivity contribution is -0.118. The molecule has 1 N–H and O–H groups in total. The smallest absolute Gasteiger partial charge is 0.236 e. The molecule has 1 fully saturated rings. The summed E-state index contributed by atoms with van der Waals surface area (Å²) in [6.07, 6.45) is 0.696. The van der Waals surface area contributed by atoms with E-state index in [1.165, 1.54) is 12.1 Å². The lowest BCUT2D eigenvalue weighted by atomic mass is 9.75. The number of hydrogen-bond acceptors (Lipinski definition) is 1. The fourth-order valence-corrected chi connectivity index (χ4v) is 4.57. The predicted octanol–water partition coefficient (Wildman–Crippen LogP) is 4.67. The van der Waals surface area contributed by atoms with Crippen LogP contribution in [0, 0.1) is 11.7 Å². The van der Waals surface area contributed by atoms with Crippen molar-refractivity contribution in [1.29, 1.82) is 0 Å². The van der Waals surface area contributed by atoms with E-state index in [0.717, 1.165) is 16.8 Å². The quantitative estimate of drug-likeness (QED) is 0.852. The molecular formula is C19H17ClFNO. The first kappa shape index (κ1) is 14.7. The third kappa shape index (κ3) is 1.71. The molecule has 118 valence electrons. The van der Waals surface area contributed by atoms with Gasteiger partial charge >= 0.3 is 0 Å². The molecular weight excluding hydrogens is 313 g/mol. The highest BCUT2D eigenvalue weighted by Gasteiger charge is 2.76. The first-order valence-corrected chi connectivity index (χ1v) is 8.17. The molecule has 4 heteroatoms. The molecule has 4 rings (SSSR count). The van der Waals surface area contributed by atoms with Gasteiger partial charge in [-0.3, -0.25) is 4.79 Å². The van der Waals surface area contributed by atoms with Crippen molar-refractivity contribution in [3.05, 3.63) is 64.4 Å². The lowest BCUT2D eigenvalue weighted by Crippen LogP contribution is -2.33.